The molecule has 0 atom stereocenters. The molecule has 0 aliphatic carbocycles. The normalized spacial score (nSPS) is 15.3. The van der Waals surface area contributed by atoms with Gasteiger partial charge in [-0.2, -0.15) is 0 Å². The Balaban J connectivity index is 1.65. The number of hydrogen-bond donors (Lipinski definition) is 0. The quantitative estimate of drug-likeness (QED) is 0.305. The topological polar surface area (TPSA) is 93.7 Å². The van der Waals surface area contributed by atoms with Crippen molar-refractivity contribution in [2.75, 3.05) is 4.90 Å². The summed E-state index contributed by atoms with van der Waals surface area (Å²) in [4.78, 5) is 37.4. The lowest BCUT2D eigenvalue weighted by atomic mass is 10.1. The number of carbonyl (C=O) groups excluding carboxylic acids is 2. The van der Waals surface area contributed by atoms with E-state index in [-0.39, 0.29) is 10.6 Å². The molecule has 0 radical (unpaired) electrons. The van der Waals surface area contributed by atoms with E-state index in [4.69, 9.17) is 4.42 Å². The van der Waals surface area contributed by atoms with Crippen LogP contribution in [0.25, 0.3) is 17.4 Å². The van der Waals surface area contributed by atoms with Gasteiger partial charge in [-0.05, 0) is 67.1 Å². The first-order valence-electron chi connectivity index (χ1n) is 9.03. The molecule has 4 rings (SSSR count). The zero-order valence-corrected chi connectivity index (χ0v) is 16.9. The van der Waals surface area contributed by atoms with Crippen LogP contribution >= 0.6 is 11.8 Å². The number of aryl methyl sites for hydroxylation is 2. The van der Waals surface area contributed by atoms with E-state index in [9.17, 15) is 19.7 Å². The number of nitro benzene ring substituents is 1. The fraction of sp³-hybridized carbons (Fsp3) is 0.0909. The largest absolute Gasteiger partial charge is 0.456 e. The fourth-order valence-electron chi connectivity index (χ4n) is 3.16. The molecule has 1 aromatic heterocycles. The van der Waals surface area contributed by atoms with Crippen LogP contribution in [0.4, 0.5) is 16.2 Å². The van der Waals surface area contributed by atoms with Gasteiger partial charge in [0.2, 0.25) is 0 Å². The first kappa shape index (κ1) is 19.7. The Hall–Kier alpha value is -3.65. The highest BCUT2D eigenvalue weighted by Crippen LogP contribution is 2.37. The first-order chi connectivity index (χ1) is 14.3. The summed E-state index contributed by atoms with van der Waals surface area (Å²) >= 11 is 0.823. The minimum absolute atomic E-state index is 0.0596. The van der Waals surface area contributed by atoms with Crippen molar-refractivity contribution in [2.24, 2.45) is 0 Å². The maximum Gasteiger partial charge on any atom is 0.298 e. The number of amides is 2. The van der Waals surface area contributed by atoms with Crippen molar-refractivity contribution in [3.8, 4) is 11.3 Å². The lowest BCUT2D eigenvalue weighted by molar-refractivity contribution is -0.384. The number of furan rings is 1. The molecule has 0 bridgehead atoms. The molecule has 0 spiro atoms. The Morgan fingerprint density at radius 1 is 1.03 bits per heavy atom. The fourth-order valence-corrected chi connectivity index (χ4v) is 3.98. The van der Waals surface area contributed by atoms with Gasteiger partial charge in [0.05, 0.1) is 21.1 Å². The molecule has 1 fully saturated rings. The van der Waals surface area contributed by atoms with Crippen LogP contribution < -0.4 is 4.90 Å². The number of nitro groups is 1. The number of imide groups is 1. The second-order valence-electron chi connectivity index (χ2n) is 6.84. The summed E-state index contributed by atoms with van der Waals surface area (Å²) in [5.41, 5.74) is 2.50. The van der Waals surface area contributed by atoms with Crippen LogP contribution in [0.2, 0.25) is 0 Å². The van der Waals surface area contributed by atoms with Crippen LogP contribution in [0.15, 0.2) is 63.9 Å². The molecule has 150 valence electrons. The van der Waals surface area contributed by atoms with Crippen LogP contribution in [0, 0.1) is 24.0 Å². The highest BCUT2D eigenvalue weighted by molar-refractivity contribution is 8.19. The van der Waals surface area contributed by atoms with Crippen molar-refractivity contribution >= 4 is 40.4 Å². The van der Waals surface area contributed by atoms with E-state index in [2.05, 4.69) is 0 Å². The van der Waals surface area contributed by atoms with Crippen LogP contribution in [0.5, 0.6) is 0 Å². The van der Waals surface area contributed by atoms with E-state index in [0.717, 1.165) is 27.8 Å². The third-order valence-electron chi connectivity index (χ3n) is 4.57. The Morgan fingerprint density at radius 3 is 2.53 bits per heavy atom. The van der Waals surface area contributed by atoms with Crippen LogP contribution in [0.3, 0.4) is 0 Å². The van der Waals surface area contributed by atoms with Gasteiger partial charge in [-0.15, -0.1) is 0 Å². The summed E-state index contributed by atoms with van der Waals surface area (Å²) in [6.07, 6.45) is 1.48. The minimum atomic E-state index is -0.461. The number of thioether (sulfide) groups is 1. The predicted molar refractivity (Wildman–Crippen MR) is 115 cm³/mol. The molecule has 1 saturated heterocycles. The predicted octanol–water partition coefficient (Wildman–Crippen LogP) is 5.71. The standard InChI is InChI=1S/C22H16N2O5S/c1-13-4-3-5-15(10-13)23-21(25)20(30-22(23)26)12-16-7-9-19(29-16)17-8-6-14(2)11-18(17)24(27)28/h3-12H,1-2H3/b20-12+. The number of rotatable bonds is 4. The molecule has 2 amide bonds. The monoisotopic (exact) mass is 420 g/mol. The van der Waals surface area contributed by atoms with Crippen molar-refractivity contribution < 1.29 is 18.9 Å². The van der Waals surface area contributed by atoms with E-state index in [1.165, 1.54) is 12.1 Å². The number of hydrogen-bond acceptors (Lipinski definition) is 6. The minimum Gasteiger partial charge on any atom is -0.456 e. The smallest absolute Gasteiger partial charge is 0.298 e. The molecule has 2 aromatic carbocycles. The molecular weight excluding hydrogens is 404 g/mol. The summed E-state index contributed by atoms with van der Waals surface area (Å²) in [6.45, 7) is 3.65. The number of nitrogens with zero attached hydrogens (tertiary/aromatic N) is 2. The van der Waals surface area contributed by atoms with Crippen LogP contribution in [0.1, 0.15) is 16.9 Å². The Bertz CT molecular complexity index is 1230. The van der Waals surface area contributed by atoms with Gasteiger partial charge in [-0.25, -0.2) is 4.90 Å². The molecule has 30 heavy (non-hydrogen) atoms. The van der Waals surface area contributed by atoms with Gasteiger partial charge in [0, 0.05) is 12.1 Å². The highest BCUT2D eigenvalue weighted by atomic mass is 32.2. The van der Waals surface area contributed by atoms with Gasteiger partial charge in [0.25, 0.3) is 16.8 Å². The van der Waals surface area contributed by atoms with Gasteiger partial charge in [0.1, 0.15) is 11.5 Å². The molecular formula is C22H16N2O5S. The molecule has 0 N–H and O–H groups in total. The highest BCUT2D eigenvalue weighted by Gasteiger charge is 2.36. The van der Waals surface area contributed by atoms with Crippen molar-refractivity contribution in [3.05, 3.63) is 86.5 Å². The Morgan fingerprint density at radius 2 is 1.80 bits per heavy atom. The Labute approximate surface area is 176 Å². The van der Waals surface area contributed by atoms with E-state index >= 15 is 0 Å². The lowest BCUT2D eigenvalue weighted by Crippen LogP contribution is -2.27. The number of anilines is 1. The maximum absolute atomic E-state index is 12.8. The first-order valence-corrected chi connectivity index (χ1v) is 9.85. The molecule has 7 nitrogen and oxygen atoms in total. The van der Waals surface area contributed by atoms with E-state index < -0.39 is 16.1 Å². The van der Waals surface area contributed by atoms with E-state index in [0.29, 0.717) is 22.8 Å². The molecule has 2 heterocycles. The molecule has 8 heteroatoms. The van der Waals surface area contributed by atoms with Gasteiger partial charge < -0.3 is 4.42 Å². The molecule has 0 saturated carbocycles. The third kappa shape index (κ3) is 3.65. The third-order valence-corrected chi connectivity index (χ3v) is 5.44. The summed E-state index contributed by atoms with van der Waals surface area (Å²) in [6, 6.07) is 15.2. The second kappa shape index (κ2) is 7.64. The van der Waals surface area contributed by atoms with E-state index in [1.54, 1.807) is 49.4 Å². The van der Waals surface area contributed by atoms with Crippen LogP contribution in [-0.2, 0) is 4.79 Å². The average molecular weight is 420 g/mol. The summed E-state index contributed by atoms with van der Waals surface area (Å²) in [5.74, 6) is 0.204. The molecule has 1 aliphatic heterocycles. The number of carbonyl (C=O) groups is 2. The van der Waals surface area contributed by atoms with E-state index in [1.807, 2.05) is 13.0 Å². The summed E-state index contributed by atoms with van der Waals surface area (Å²) < 4.78 is 5.73. The average Bonchev–Trinajstić information content (AvgIpc) is 3.26. The summed E-state index contributed by atoms with van der Waals surface area (Å²) in [7, 11) is 0. The van der Waals surface area contributed by atoms with Crippen molar-refractivity contribution in [1.29, 1.82) is 0 Å². The van der Waals surface area contributed by atoms with Gasteiger partial charge in [0.15, 0.2) is 0 Å². The van der Waals surface area contributed by atoms with Gasteiger partial charge in [-0.1, -0.05) is 18.2 Å². The second-order valence-corrected chi connectivity index (χ2v) is 7.83. The zero-order valence-electron chi connectivity index (χ0n) is 16.1. The van der Waals surface area contributed by atoms with Gasteiger partial charge >= 0.3 is 0 Å². The SMILES string of the molecule is Cc1cccc(N2C(=O)S/C(=C/c3ccc(-c4ccc(C)cc4[N+](=O)[O-])o3)C2=O)c1. The van der Waals surface area contributed by atoms with Crippen molar-refractivity contribution in [3.63, 3.8) is 0 Å². The number of benzene rings is 2. The Kier molecular flexibility index (Phi) is 5.01. The van der Waals surface area contributed by atoms with Crippen molar-refractivity contribution in [1.82, 2.24) is 0 Å². The molecule has 0 unspecified atom stereocenters. The molecule has 1 aliphatic rings. The zero-order chi connectivity index (χ0) is 21.4. The summed E-state index contributed by atoms with van der Waals surface area (Å²) in [5, 5.41) is 11.0. The molecule has 3 aromatic rings. The maximum atomic E-state index is 12.8. The van der Waals surface area contributed by atoms with Crippen LogP contribution in [-0.4, -0.2) is 16.1 Å². The van der Waals surface area contributed by atoms with Gasteiger partial charge in [-0.3, -0.25) is 19.7 Å². The van der Waals surface area contributed by atoms with Crippen molar-refractivity contribution in [2.45, 2.75) is 13.8 Å². The lowest BCUT2D eigenvalue weighted by Gasteiger charge is -2.12.